The number of nitrogens with zero attached hydrogens (tertiary/aromatic N) is 1. The Labute approximate surface area is 133 Å². The van der Waals surface area contributed by atoms with Gasteiger partial charge in [0.2, 0.25) is 0 Å². The van der Waals surface area contributed by atoms with Gasteiger partial charge in [-0.3, -0.25) is 9.59 Å². The van der Waals surface area contributed by atoms with Crippen molar-refractivity contribution in [2.24, 2.45) is 5.92 Å². The smallest absolute Gasteiger partial charge is 0.309 e. The molecule has 1 fully saturated rings. The second kappa shape index (κ2) is 6.49. The molecule has 0 atom stereocenters. The number of amides is 1. The summed E-state index contributed by atoms with van der Waals surface area (Å²) in [5.41, 5.74) is 1.68. The van der Waals surface area contributed by atoms with Crippen molar-refractivity contribution in [3.8, 4) is 6.07 Å². The second-order valence-electron chi connectivity index (χ2n) is 5.81. The molecule has 1 aromatic rings. The zero-order valence-electron chi connectivity index (χ0n) is 12.3. The quantitative estimate of drug-likeness (QED) is 0.684. The van der Waals surface area contributed by atoms with E-state index in [0.29, 0.717) is 10.6 Å². The molecule has 0 aromatic carbocycles. The van der Waals surface area contributed by atoms with Crippen LogP contribution in [-0.2, 0) is 27.2 Å². The minimum atomic E-state index is -0.373. The van der Waals surface area contributed by atoms with Gasteiger partial charge in [0.05, 0.1) is 11.5 Å². The third-order valence-electron chi connectivity index (χ3n) is 4.04. The minimum Gasteiger partial charge on any atom is -0.455 e. The maximum absolute atomic E-state index is 11.9. The van der Waals surface area contributed by atoms with Crippen molar-refractivity contribution in [3.63, 3.8) is 0 Å². The minimum absolute atomic E-state index is 0.0136. The lowest BCUT2D eigenvalue weighted by atomic mass is 10.1. The van der Waals surface area contributed by atoms with Crippen LogP contribution in [0.25, 0.3) is 0 Å². The number of hydrogen-bond acceptors (Lipinski definition) is 5. The normalized spacial score (nSPS) is 17.0. The number of anilines is 1. The SMILES string of the molecule is N#Cc1c(NC(=O)COC(=O)C2CC2)sc2c1CCCCC2. The van der Waals surface area contributed by atoms with Crippen molar-refractivity contribution in [2.45, 2.75) is 44.9 Å². The molecule has 2 aliphatic carbocycles. The average Bonchev–Trinajstić information content (AvgIpc) is 3.32. The first kappa shape index (κ1) is 15.0. The number of rotatable bonds is 4. The number of carbonyl (C=O) groups is 2. The summed E-state index contributed by atoms with van der Waals surface area (Å²) in [5, 5.41) is 12.7. The Hall–Kier alpha value is -1.87. The van der Waals surface area contributed by atoms with E-state index in [2.05, 4.69) is 11.4 Å². The van der Waals surface area contributed by atoms with E-state index in [0.717, 1.165) is 44.1 Å². The lowest BCUT2D eigenvalue weighted by molar-refractivity contribution is -0.148. The van der Waals surface area contributed by atoms with E-state index in [9.17, 15) is 14.9 Å². The van der Waals surface area contributed by atoms with Gasteiger partial charge in [0.25, 0.3) is 5.91 Å². The Kier molecular flexibility index (Phi) is 4.44. The Morgan fingerprint density at radius 3 is 2.77 bits per heavy atom. The van der Waals surface area contributed by atoms with Crippen molar-refractivity contribution in [2.75, 3.05) is 11.9 Å². The zero-order chi connectivity index (χ0) is 15.5. The number of nitriles is 1. The second-order valence-corrected chi connectivity index (χ2v) is 6.92. The summed E-state index contributed by atoms with van der Waals surface area (Å²) in [6.07, 6.45) is 7.00. The van der Waals surface area contributed by atoms with Crippen molar-refractivity contribution < 1.29 is 14.3 Å². The number of carbonyl (C=O) groups excluding carboxylic acids is 2. The molecule has 6 heteroatoms. The fraction of sp³-hybridized carbons (Fsp3) is 0.562. The lowest BCUT2D eigenvalue weighted by Gasteiger charge is -2.05. The molecule has 2 aliphatic rings. The van der Waals surface area contributed by atoms with Gasteiger partial charge >= 0.3 is 5.97 Å². The topological polar surface area (TPSA) is 79.2 Å². The molecule has 0 saturated heterocycles. The first-order valence-corrected chi connectivity index (χ1v) is 8.52. The lowest BCUT2D eigenvalue weighted by Crippen LogP contribution is -2.21. The highest BCUT2D eigenvalue weighted by Gasteiger charge is 2.31. The summed E-state index contributed by atoms with van der Waals surface area (Å²) < 4.78 is 4.97. The number of thiophene rings is 1. The fourth-order valence-corrected chi connectivity index (χ4v) is 3.94. The number of ether oxygens (including phenoxy) is 1. The Morgan fingerprint density at radius 1 is 1.27 bits per heavy atom. The van der Waals surface area contributed by atoms with Crippen LogP contribution < -0.4 is 5.32 Å². The molecule has 0 spiro atoms. The number of aryl methyl sites for hydroxylation is 1. The molecule has 0 radical (unpaired) electrons. The van der Waals surface area contributed by atoms with Gasteiger partial charge in [-0.25, -0.2) is 0 Å². The van der Waals surface area contributed by atoms with Crippen LogP contribution in [0.2, 0.25) is 0 Å². The molecule has 1 aromatic heterocycles. The van der Waals surface area contributed by atoms with Gasteiger partial charge < -0.3 is 10.1 Å². The summed E-state index contributed by atoms with van der Waals surface area (Å²) in [5.74, 6) is -0.681. The average molecular weight is 318 g/mol. The molecule has 1 amide bonds. The predicted octanol–water partition coefficient (Wildman–Crippen LogP) is 2.78. The van der Waals surface area contributed by atoms with Gasteiger partial charge in [-0.1, -0.05) is 6.42 Å². The van der Waals surface area contributed by atoms with Gasteiger partial charge in [-0.05, 0) is 44.1 Å². The molecule has 22 heavy (non-hydrogen) atoms. The van der Waals surface area contributed by atoms with Gasteiger partial charge in [0.1, 0.15) is 11.1 Å². The van der Waals surface area contributed by atoms with Crippen LogP contribution in [0.15, 0.2) is 0 Å². The number of fused-ring (bicyclic) bond motifs is 1. The molecule has 3 rings (SSSR count). The van der Waals surface area contributed by atoms with Crippen LogP contribution in [0.1, 0.15) is 48.1 Å². The van der Waals surface area contributed by atoms with E-state index in [1.807, 2.05) is 0 Å². The summed E-state index contributed by atoms with van der Waals surface area (Å²) in [6, 6.07) is 2.22. The molecule has 0 unspecified atom stereocenters. The highest BCUT2D eigenvalue weighted by Crippen LogP contribution is 2.37. The molecule has 1 saturated carbocycles. The van der Waals surface area contributed by atoms with Crippen molar-refractivity contribution in [1.29, 1.82) is 5.26 Å². The molecule has 0 aliphatic heterocycles. The molecular formula is C16H18N2O3S. The maximum atomic E-state index is 11.9. The third-order valence-corrected chi connectivity index (χ3v) is 5.25. The van der Waals surface area contributed by atoms with Crippen LogP contribution in [0.4, 0.5) is 5.00 Å². The maximum Gasteiger partial charge on any atom is 0.309 e. The van der Waals surface area contributed by atoms with E-state index in [1.54, 1.807) is 0 Å². The summed E-state index contributed by atoms with van der Waals surface area (Å²) in [4.78, 5) is 24.6. The Bertz CT molecular complexity index is 641. The standard InChI is InChI=1S/C16H18N2O3S/c17-8-12-11-4-2-1-3-5-13(11)22-15(12)18-14(19)9-21-16(20)10-6-7-10/h10H,1-7,9H2,(H,18,19). The number of hydrogen-bond donors (Lipinski definition) is 1. The largest absolute Gasteiger partial charge is 0.455 e. The first-order chi connectivity index (χ1) is 10.7. The monoisotopic (exact) mass is 318 g/mol. The molecule has 1 N–H and O–H groups in total. The van der Waals surface area contributed by atoms with Crippen molar-refractivity contribution in [3.05, 3.63) is 16.0 Å². The molecule has 0 bridgehead atoms. The van der Waals surface area contributed by atoms with Crippen molar-refractivity contribution in [1.82, 2.24) is 0 Å². The van der Waals surface area contributed by atoms with E-state index in [-0.39, 0.29) is 24.4 Å². The fourth-order valence-electron chi connectivity index (χ4n) is 2.69. The van der Waals surface area contributed by atoms with Crippen LogP contribution >= 0.6 is 11.3 Å². The van der Waals surface area contributed by atoms with E-state index in [1.165, 1.54) is 22.6 Å². The van der Waals surface area contributed by atoms with Gasteiger partial charge in [-0.15, -0.1) is 11.3 Å². The Morgan fingerprint density at radius 2 is 2.05 bits per heavy atom. The third kappa shape index (κ3) is 3.30. The molecule has 5 nitrogen and oxygen atoms in total. The molecule has 116 valence electrons. The summed E-state index contributed by atoms with van der Waals surface area (Å²) in [6.45, 7) is -0.275. The number of esters is 1. The van der Waals surface area contributed by atoms with Crippen LogP contribution in [0.5, 0.6) is 0 Å². The highest BCUT2D eigenvalue weighted by atomic mass is 32.1. The van der Waals surface area contributed by atoms with E-state index >= 15 is 0 Å². The van der Waals surface area contributed by atoms with Crippen molar-refractivity contribution >= 4 is 28.2 Å². The van der Waals surface area contributed by atoms with Gasteiger partial charge in [-0.2, -0.15) is 5.26 Å². The first-order valence-electron chi connectivity index (χ1n) is 7.70. The van der Waals surface area contributed by atoms with Crippen LogP contribution in [-0.4, -0.2) is 18.5 Å². The Balaban J connectivity index is 1.65. The molecule has 1 heterocycles. The number of nitrogens with one attached hydrogen (secondary N) is 1. The highest BCUT2D eigenvalue weighted by molar-refractivity contribution is 7.16. The van der Waals surface area contributed by atoms with Crippen LogP contribution in [0.3, 0.4) is 0 Å². The van der Waals surface area contributed by atoms with Gasteiger partial charge in [0, 0.05) is 4.88 Å². The van der Waals surface area contributed by atoms with Crippen LogP contribution in [0, 0.1) is 17.2 Å². The van der Waals surface area contributed by atoms with E-state index < -0.39 is 0 Å². The summed E-state index contributed by atoms with van der Waals surface area (Å²) in [7, 11) is 0. The van der Waals surface area contributed by atoms with E-state index in [4.69, 9.17) is 4.74 Å². The van der Waals surface area contributed by atoms with Gasteiger partial charge in [0.15, 0.2) is 6.61 Å². The summed E-state index contributed by atoms with van der Waals surface area (Å²) >= 11 is 1.49. The predicted molar refractivity (Wildman–Crippen MR) is 82.6 cm³/mol. The molecular weight excluding hydrogens is 300 g/mol. The zero-order valence-corrected chi connectivity index (χ0v) is 13.1.